The first-order valence-corrected chi connectivity index (χ1v) is 8.40. The molecule has 5 nitrogen and oxygen atoms in total. The Morgan fingerprint density at radius 2 is 2.04 bits per heavy atom. The van der Waals surface area contributed by atoms with Gasteiger partial charge in [-0.3, -0.25) is 4.79 Å². The zero-order valence-electron chi connectivity index (χ0n) is 14.2. The van der Waals surface area contributed by atoms with Gasteiger partial charge < -0.3 is 20.3 Å². The van der Waals surface area contributed by atoms with Gasteiger partial charge in [0.15, 0.2) is 5.11 Å². The maximum absolute atomic E-state index is 11.4. The predicted octanol–water partition coefficient (Wildman–Crippen LogP) is 2.32. The summed E-state index contributed by atoms with van der Waals surface area (Å²) in [7, 11) is 2.08. The average Bonchev–Trinajstić information content (AvgIpc) is 2.52. The molecule has 0 aliphatic heterocycles. The van der Waals surface area contributed by atoms with Gasteiger partial charge >= 0.3 is 5.97 Å². The van der Waals surface area contributed by atoms with Gasteiger partial charge in [-0.1, -0.05) is 18.2 Å². The molecule has 1 aromatic carbocycles. The molecule has 0 bridgehead atoms. The van der Waals surface area contributed by atoms with Gasteiger partial charge in [0.25, 0.3) is 0 Å². The van der Waals surface area contributed by atoms with Crippen molar-refractivity contribution in [2.75, 3.05) is 31.6 Å². The van der Waals surface area contributed by atoms with E-state index in [4.69, 9.17) is 17.0 Å². The highest BCUT2D eigenvalue weighted by Gasteiger charge is 2.10. The molecule has 23 heavy (non-hydrogen) atoms. The molecule has 0 heterocycles. The van der Waals surface area contributed by atoms with Crippen molar-refractivity contribution in [2.45, 2.75) is 32.7 Å². The number of anilines is 1. The molecular weight excluding hydrogens is 310 g/mol. The van der Waals surface area contributed by atoms with Crippen LogP contribution in [0.25, 0.3) is 0 Å². The Kier molecular flexibility index (Phi) is 9.05. The van der Waals surface area contributed by atoms with Crippen molar-refractivity contribution in [2.24, 2.45) is 0 Å². The lowest BCUT2D eigenvalue weighted by molar-refractivity contribution is -0.143. The molecule has 0 amide bonds. The van der Waals surface area contributed by atoms with Gasteiger partial charge in [-0.05, 0) is 44.6 Å². The van der Waals surface area contributed by atoms with Crippen LogP contribution in [0.4, 0.5) is 5.69 Å². The Morgan fingerprint density at radius 1 is 1.35 bits per heavy atom. The number of benzene rings is 1. The van der Waals surface area contributed by atoms with Crippen molar-refractivity contribution in [3.63, 3.8) is 0 Å². The molecule has 1 aromatic rings. The SMILES string of the molecule is CCOC(=O)CC(C)NC(=S)NCCCN(C)c1ccccc1. The van der Waals surface area contributed by atoms with Crippen LogP contribution in [0.1, 0.15) is 26.7 Å². The summed E-state index contributed by atoms with van der Waals surface area (Å²) in [5, 5.41) is 6.84. The van der Waals surface area contributed by atoms with Crippen LogP contribution >= 0.6 is 12.2 Å². The molecule has 1 rings (SSSR count). The van der Waals surface area contributed by atoms with E-state index >= 15 is 0 Å². The maximum Gasteiger partial charge on any atom is 0.307 e. The van der Waals surface area contributed by atoms with Crippen LogP contribution in [0, 0.1) is 0 Å². The van der Waals surface area contributed by atoms with E-state index in [0.29, 0.717) is 18.1 Å². The Hall–Kier alpha value is -1.82. The Balaban J connectivity index is 2.15. The zero-order valence-corrected chi connectivity index (χ0v) is 15.0. The monoisotopic (exact) mass is 337 g/mol. The molecular formula is C17H27N3O2S. The summed E-state index contributed by atoms with van der Waals surface area (Å²) < 4.78 is 4.91. The first kappa shape index (κ1) is 19.2. The lowest BCUT2D eigenvalue weighted by Crippen LogP contribution is -2.42. The van der Waals surface area contributed by atoms with Crippen LogP contribution in [-0.4, -0.2) is 43.9 Å². The summed E-state index contributed by atoms with van der Waals surface area (Å²) in [6.45, 7) is 5.85. The molecule has 6 heteroatoms. The van der Waals surface area contributed by atoms with Gasteiger partial charge in [0.2, 0.25) is 0 Å². The van der Waals surface area contributed by atoms with E-state index in [9.17, 15) is 4.79 Å². The average molecular weight is 337 g/mol. The number of carbonyl (C=O) groups excluding carboxylic acids is 1. The maximum atomic E-state index is 11.4. The number of hydrogen-bond donors (Lipinski definition) is 2. The second-order valence-electron chi connectivity index (χ2n) is 5.42. The van der Waals surface area contributed by atoms with Crippen molar-refractivity contribution in [3.8, 4) is 0 Å². The smallest absolute Gasteiger partial charge is 0.307 e. The third-order valence-electron chi connectivity index (χ3n) is 3.31. The normalized spacial score (nSPS) is 11.4. The highest BCUT2D eigenvalue weighted by Crippen LogP contribution is 2.10. The van der Waals surface area contributed by atoms with E-state index in [-0.39, 0.29) is 12.0 Å². The molecule has 0 spiro atoms. The van der Waals surface area contributed by atoms with Crippen LogP contribution in [0.5, 0.6) is 0 Å². The zero-order chi connectivity index (χ0) is 17.1. The Labute approximate surface area is 144 Å². The molecule has 0 aliphatic carbocycles. The van der Waals surface area contributed by atoms with Gasteiger partial charge in [-0.2, -0.15) is 0 Å². The van der Waals surface area contributed by atoms with Crippen LogP contribution in [0.3, 0.4) is 0 Å². The van der Waals surface area contributed by atoms with Gasteiger partial charge in [0.1, 0.15) is 0 Å². The van der Waals surface area contributed by atoms with Crippen molar-refractivity contribution in [1.82, 2.24) is 10.6 Å². The van der Waals surface area contributed by atoms with E-state index in [1.165, 1.54) is 5.69 Å². The minimum absolute atomic E-state index is 0.0407. The van der Waals surface area contributed by atoms with E-state index in [1.807, 2.05) is 25.1 Å². The van der Waals surface area contributed by atoms with Gasteiger partial charge in [-0.15, -0.1) is 0 Å². The van der Waals surface area contributed by atoms with Crippen LogP contribution in [0.15, 0.2) is 30.3 Å². The number of rotatable bonds is 9. The number of ether oxygens (including phenoxy) is 1. The highest BCUT2D eigenvalue weighted by molar-refractivity contribution is 7.80. The highest BCUT2D eigenvalue weighted by atomic mass is 32.1. The Morgan fingerprint density at radius 3 is 2.70 bits per heavy atom. The van der Waals surface area contributed by atoms with E-state index in [0.717, 1.165) is 19.5 Å². The molecule has 0 fully saturated rings. The third kappa shape index (κ3) is 8.40. The standard InChI is InChI=1S/C17H27N3O2S/c1-4-22-16(21)13-14(2)19-17(23)18-11-8-12-20(3)15-9-6-5-7-10-15/h5-7,9-10,14H,4,8,11-13H2,1-3H3,(H2,18,19,23). The van der Waals surface area contributed by atoms with E-state index in [1.54, 1.807) is 6.92 Å². The molecule has 1 unspecified atom stereocenters. The van der Waals surface area contributed by atoms with Gasteiger partial charge in [-0.25, -0.2) is 0 Å². The summed E-state index contributed by atoms with van der Waals surface area (Å²) in [6, 6.07) is 10.2. The quantitative estimate of drug-likeness (QED) is 0.410. The molecule has 128 valence electrons. The van der Waals surface area contributed by atoms with Crippen molar-refractivity contribution in [1.29, 1.82) is 0 Å². The molecule has 0 saturated heterocycles. The van der Waals surface area contributed by atoms with Crippen LogP contribution in [-0.2, 0) is 9.53 Å². The minimum atomic E-state index is -0.209. The summed E-state index contributed by atoms with van der Waals surface area (Å²) in [6.07, 6.45) is 1.28. The third-order valence-corrected chi connectivity index (χ3v) is 3.57. The summed E-state index contributed by atoms with van der Waals surface area (Å²) in [5.74, 6) is -0.209. The summed E-state index contributed by atoms with van der Waals surface area (Å²) in [4.78, 5) is 13.6. The fraction of sp³-hybridized carbons (Fsp3) is 0.529. The lowest BCUT2D eigenvalue weighted by Gasteiger charge is -2.20. The second-order valence-corrected chi connectivity index (χ2v) is 5.83. The fourth-order valence-electron chi connectivity index (χ4n) is 2.13. The molecule has 0 aliphatic rings. The first-order chi connectivity index (χ1) is 11.0. The number of thiocarbonyl (C=S) groups is 1. The number of carbonyl (C=O) groups is 1. The summed E-state index contributed by atoms with van der Waals surface area (Å²) >= 11 is 5.23. The largest absolute Gasteiger partial charge is 0.466 e. The molecule has 2 N–H and O–H groups in total. The molecule has 0 aromatic heterocycles. The topological polar surface area (TPSA) is 53.6 Å². The van der Waals surface area contributed by atoms with Crippen molar-refractivity contribution < 1.29 is 9.53 Å². The second kappa shape index (κ2) is 10.8. The summed E-state index contributed by atoms with van der Waals surface area (Å²) in [5.41, 5.74) is 1.20. The minimum Gasteiger partial charge on any atom is -0.466 e. The van der Waals surface area contributed by atoms with E-state index in [2.05, 4.69) is 34.7 Å². The van der Waals surface area contributed by atoms with Crippen LogP contribution in [0.2, 0.25) is 0 Å². The number of para-hydroxylation sites is 1. The predicted molar refractivity (Wildman–Crippen MR) is 98.8 cm³/mol. The molecule has 0 saturated carbocycles. The lowest BCUT2D eigenvalue weighted by atomic mass is 10.2. The van der Waals surface area contributed by atoms with E-state index < -0.39 is 0 Å². The van der Waals surface area contributed by atoms with Crippen LogP contribution < -0.4 is 15.5 Å². The van der Waals surface area contributed by atoms with Crippen molar-refractivity contribution in [3.05, 3.63) is 30.3 Å². The number of nitrogens with one attached hydrogen (secondary N) is 2. The number of esters is 1. The first-order valence-electron chi connectivity index (χ1n) is 7.99. The van der Waals surface area contributed by atoms with Gasteiger partial charge in [0.05, 0.1) is 13.0 Å². The van der Waals surface area contributed by atoms with Gasteiger partial charge in [0, 0.05) is 31.9 Å². The fourth-order valence-corrected chi connectivity index (χ4v) is 2.43. The molecule has 1 atom stereocenters. The number of hydrogen-bond acceptors (Lipinski definition) is 4. The molecule has 0 radical (unpaired) electrons. The number of nitrogens with zero attached hydrogens (tertiary/aromatic N) is 1. The van der Waals surface area contributed by atoms with Crippen molar-refractivity contribution >= 4 is 29.0 Å². The Bertz CT molecular complexity index is 482.